The van der Waals surface area contributed by atoms with Gasteiger partial charge in [-0.2, -0.15) is 0 Å². The molecule has 0 bridgehead atoms. The van der Waals surface area contributed by atoms with Gasteiger partial charge in [0.25, 0.3) is 5.91 Å². The summed E-state index contributed by atoms with van der Waals surface area (Å²) in [6.07, 6.45) is 0.682. The van der Waals surface area contributed by atoms with Crippen LogP contribution in [0.15, 0.2) is 29.6 Å². The second-order valence-corrected chi connectivity index (χ2v) is 6.52. The number of aromatic nitrogens is 1. The third-order valence-corrected chi connectivity index (χ3v) is 4.60. The molecule has 134 valence electrons. The van der Waals surface area contributed by atoms with E-state index in [9.17, 15) is 9.59 Å². The molecule has 0 aliphatic heterocycles. The summed E-state index contributed by atoms with van der Waals surface area (Å²) in [6, 6.07) is 6.92. The fraction of sp³-hybridized carbons (Fsp3) is 0.353. The van der Waals surface area contributed by atoms with Crippen LogP contribution in [0.5, 0.6) is 0 Å². The number of rotatable bonds is 8. The topological polar surface area (TPSA) is 68.7 Å². The molecule has 8 heteroatoms. The molecule has 0 radical (unpaired) electrons. The lowest BCUT2D eigenvalue weighted by molar-refractivity contribution is 0.0594. The van der Waals surface area contributed by atoms with Gasteiger partial charge in [0.1, 0.15) is 5.01 Å². The van der Waals surface area contributed by atoms with E-state index in [0.29, 0.717) is 35.2 Å². The monoisotopic (exact) mass is 382 g/mol. The molecule has 1 amide bonds. The molecule has 0 fully saturated rings. The van der Waals surface area contributed by atoms with Crippen molar-refractivity contribution in [1.82, 2.24) is 9.88 Å². The highest BCUT2D eigenvalue weighted by molar-refractivity contribution is 7.09. The van der Waals surface area contributed by atoms with E-state index in [2.05, 4.69) is 9.72 Å². The maximum Gasteiger partial charge on any atom is 0.357 e. The minimum atomic E-state index is -0.495. The average molecular weight is 383 g/mol. The third-order valence-electron chi connectivity index (χ3n) is 3.44. The van der Waals surface area contributed by atoms with Crippen LogP contribution < -0.4 is 0 Å². The van der Waals surface area contributed by atoms with Crippen LogP contribution in [0.25, 0.3) is 0 Å². The zero-order valence-corrected chi connectivity index (χ0v) is 15.6. The first-order chi connectivity index (χ1) is 12.1. The van der Waals surface area contributed by atoms with Crippen molar-refractivity contribution in [3.63, 3.8) is 0 Å². The molecular formula is C17H19ClN2O4S. The number of carbonyl (C=O) groups is 2. The van der Waals surface area contributed by atoms with Gasteiger partial charge in [-0.05, 0) is 18.6 Å². The summed E-state index contributed by atoms with van der Waals surface area (Å²) in [7, 11) is 2.92. The molecule has 0 atom stereocenters. The van der Waals surface area contributed by atoms with Gasteiger partial charge in [-0.25, -0.2) is 9.78 Å². The number of esters is 1. The van der Waals surface area contributed by atoms with Gasteiger partial charge >= 0.3 is 5.97 Å². The minimum Gasteiger partial charge on any atom is -0.464 e. The Kier molecular flexibility index (Phi) is 7.36. The van der Waals surface area contributed by atoms with Crippen molar-refractivity contribution in [3.05, 3.63) is 50.9 Å². The number of amides is 1. The molecule has 6 nitrogen and oxygen atoms in total. The van der Waals surface area contributed by atoms with Gasteiger partial charge in [-0.1, -0.05) is 23.7 Å². The Bertz CT molecular complexity index is 735. The summed E-state index contributed by atoms with van der Waals surface area (Å²) in [5.74, 6) is -0.678. The second-order valence-electron chi connectivity index (χ2n) is 5.17. The Hall–Kier alpha value is -1.96. The van der Waals surface area contributed by atoms with Gasteiger partial charge in [0, 0.05) is 25.6 Å². The number of methoxy groups -OCH3 is 2. The van der Waals surface area contributed by atoms with Crippen LogP contribution in [0.2, 0.25) is 5.02 Å². The lowest BCUT2D eigenvalue weighted by Gasteiger charge is -2.22. The number of hydrogen-bond donors (Lipinski definition) is 0. The molecule has 2 aromatic rings. The fourth-order valence-electron chi connectivity index (χ4n) is 2.20. The zero-order chi connectivity index (χ0) is 18.2. The molecule has 0 spiro atoms. The predicted octanol–water partition coefficient (Wildman–Crippen LogP) is 3.26. The van der Waals surface area contributed by atoms with Gasteiger partial charge < -0.3 is 14.4 Å². The quantitative estimate of drug-likeness (QED) is 0.517. The van der Waals surface area contributed by atoms with Gasteiger partial charge in [0.05, 0.1) is 24.2 Å². The average Bonchev–Trinajstić information content (AvgIpc) is 3.09. The lowest BCUT2D eigenvalue weighted by atomic mass is 10.2. The number of halogens is 1. The summed E-state index contributed by atoms with van der Waals surface area (Å²) >= 11 is 7.45. The molecule has 0 N–H and O–H groups in total. The van der Waals surface area contributed by atoms with Crippen LogP contribution in [-0.2, 0) is 16.0 Å². The van der Waals surface area contributed by atoms with Crippen molar-refractivity contribution < 1.29 is 19.1 Å². The molecule has 0 aliphatic carbocycles. The molecule has 1 heterocycles. The van der Waals surface area contributed by atoms with E-state index < -0.39 is 5.97 Å². The van der Waals surface area contributed by atoms with Crippen LogP contribution in [0, 0.1) is 0 Å². The molecule has 25 heavy (non-hydrogen) atoms. The zero-order valence-electron chi connectivity index (χ0n) is 14.0. The fourth-order valence-corrected chi connectivity index (χ4v) is 3.20. The molecule has 1 aromatic heterocycles. The van der Waals surface area contributed by atoms with Gasteiger partial charge in [0.15, 0.2) is 5.69 Å². The molecule has 1 aromatic carbocycles. The van der Waals surface area contributed by atoms with Crippen LogP contribution in [0.1, 0.15) is 32.3 Å². The van der Waals surface area contributed by atoms with Crippen LogP contribution in [0.4, 0.5) is 0 Å². The summed E-state index contributed by atoms with van der Waals surface area (Å²) in [4.78, 5) is 30.3. The van der Waals surface area contributed by atoms with Gasteiger partial charge in [0.2, 0.25) is 0 Å². The first-order valence-corrected chi connectivity index (χ1v) is 8.88. The van der Waals surface area contributed by atoms with Crippen LogP contribution >= 0.6 is 22.9 Å². The van der Waals surface area contributed by atoms with Crippen molar-refractivity contribution in [1.29, 1.82) is 0 Å². The molecule has 2 rings (SSSR count). The second kappa shape index (κ2) is 9.50. The largest absolute Gasteiger partial charge is 0.464 e. The predicted molar refractivity (Wildman–Crippen MR) is 96.1 cm³/mol. The van der Waals surface area contributed by atoms with E-state index in [1.807, 2.05) is 0 Å². The van der Waals surface area contributed by atoms with Crippen molar-refractivity contribution in [2.45, 2.75) is 13.0 Å². The maximum atomic E-state index is 12.8. The Morgan fingerprint density at radius 3 is 2.72 bits per heavy atom. The Labute approximate surface area is 155 Å². The smallest absolute Gasteiger partial charge is 0.357 e. The van der Waals surface area contributed by atoms with E-state index in [1.165, 1.54) is 18.4 Å². The summed E-state index contributed by atoms with van der Waals surface area (Å²) in [6.45, 7) is 1.32. The maximum absolute atomic E-state index is 12.8. The van der Waals surface area contributed by atoms with Crippen LogP contribution in [-0.4, -0.2) is 49.1 Å². The molecule has 0 saturated heterocycles. The van der Waals surface area contributed by atoms with E-state index in [1.54, 1.807) is 41.7 Å². The summed E-state index contributed by atoms with van der Waals surface area (Å²) in [5.41, 5.74) is 0.677. The van der Waals surface area contributed by atoms with Crippen molar-refractivity contribution in [2.75, 3.05) is 27.4 Å². The SMILES string of the molecule is COCCCN(Cc1nc(C(=O)OC)cs1)C(=O)c1ccccc1Cl. The highest BCUT2D eigenvalue weighted by Crippen LogP contribution is 2.20. The lowest BCUT2D eigenvalue weighted by Crippen LogP contribution is -2.32. The van der Waals surface area contributed by atoms with E-state index in [-0.39, 0.29) is 18.1 Å². The van der Waals surface area contributed by atoms with Gasteiger partial charge in [-0.15, -0.1) is 11.3 Å². The number of carbonyl (C=O) groups excluding carboxylic acids is 2. The van der Waals surface area contributed by atoms with E-state index >= 15 is 0 Å². The Balaban J connectivity index is 2.17. The Morgan fingerprint density at radius 1 is 1.28 bits per heavy atom. The highest BCUT2D eigenvalue weighted by atomic mass is 35.5. The molecule has 0 saturated carbocycles. The first-order valence-electron chi connectivity index (χ1n) is 7.62. The molecule has 0 unspecified atom stereocenters. The Morgan fingerprint density at radius 2 is 2.04 bits per heavy atom. The number of benzene rings is 1. The standard InChI is InChI=1S/C17H19ClN2O4S/c1-23-9-5-8-20(16(21)12-6-3-4-7-13(12)18)10-15-19-14(11-25-15)17(22)24-2/h3-4,6-7,11H,5,8-10H2,1-2H3. The number of ether oxygens (including phenoxy) is 2. The number of nitrogens with zero attached hydrogens (tertiary/aromatic N) is 2. The highest BCUT2D eigenvalue weighted by Gasteiger charge is 2.20. The normalized spacial score (nSPS) is 10.5. The van der Waals surface area contributed by atoms with Crippen LogP contribution in [0.3, 0.4) is 0 Å². The van der Waals surface area contributed by atoms with Crippen molar-refractivity contribution in [3.8, 4) is 0 Å². The molecule has 0 aliphatic rings. The first kappa shape index (κ1) is 19.4. The van der Waals surface area contributed by atoms with E-state index in [0.717, 1.165) is 0 Å². The van der Waals surface area contributed by atoms with Crippen molar-refractivity contribution in [2.24, 2.45) is 0 Å². The number of thiazole rings is 1. The number of hydrogen-bond acceptors (Lipinski definition) is 6. The van der Waals surface area contributed by atoms with Gasteiger partial charge in [-0.3, -0.25) is 4.79 Å². The molecular weight excluding hydrogens is 364 g/mol. The minimum absolute atomic E-state index is 0.184. The third kappa shape index (κ3) is 5.26. The summed E-state index contributed by atoms with van der Waals surface area (Å²) < 4.78 is 9.72. The summed E-state index contributed by atoms with van der Waals surface area (Å²) in [5, 5.41) is 2.67. The van der Waals surface area contributed by atoms with Crippen molar-refractivity contribution >= 4 is 34.8 Å². The van der Waals surface area contributed by atoms with E-state index in [4.69, 9.17) is 16.3 Å².